The predicted molar refractivity (Wildman–Crippen MR) is 73.1 cm³/mol. The number of fused-ring (bicyclic) bond motifs is 1. The molecule has 0 amide bonds. The van der Waals surface area contributed by atoms with Crippen molar-refractivity contribution >= 4 is 32.4 Å². The molecule has 18 heavy (non-hydrogen) atoms. The third kappa shape index (κ3) is 2.24. The van der Waals surface area contributed by atoms with Crippen LogP contribution in [0.25, 0.3) is 10.2 Å². The number of hydrogen-bond donors (Lipinski definition) is 3. The van der Waals surface area contributed by atoms with Gasteiger partial charge in [-0.25, -0.2) is 0 Å². The van der Waals surface area contributed by atoms with Crippen LogP contribution in [-0.4, -0.2) is 48.4 Å². The predicted octanol–water partition coefficient (Wildman–Crippen LogP) is 0.134. The quantitative estimate of drug-likeness (QED) is 0.696. The van der Waals surface area contributed by atoms with Crippen LogP contribution in [-0.2, 0) is 0 Å². The van der Waals surface area contributed by atoms with Crippen LogP contribution in [0, 0.1) is 0 Å². The van der Waals surface area contributed by atoms with E-state index in [2.05, 4.69) is 0 Å². The molecule has 0 bridgehead atoms. The number of aliphatic hydroxyl groups excluding tert-OH is 2. The molecule has 0 aliphatic rings. The third-order valence-corrected chi connectivity index (χ3v) is 3.83. The van der Waals surface area contributed by atoms with Gasteiger partial charge in [-0.15, -0.1) is 11.3 Å². The lowest BCUT2D eigenvalue weighted by Gasteiger charge is -2.20. The fourth-order valence-electron chi connectivity index (χ4n) is 1.91. The molecule has 2 heterocycles. The molecule has 0 aromatic carbocycles. The summed E-state index contributed by atoms with van der Waals surface area (Å²) in [7, 11) is 1.56. The molecule has 0 saturated carbocycles. The second-order valence-electron chi connectivity index (χ2n) is 3.81. The molecule has 2 aromatic rings. The summed E-state index contributed by atoms with van der Waals surface area (Å²) in [6, 6.07) is 3.80. The molecule has 0 atom stereocenters. The maximum Gasteiger partial charge on any atom is 0.141 e. The van der Waals surface area contributed by atoms with Crippen LogP contribution in [0.3, 0.4) is 0 Å². The summed E-state index contributed by atoms with van der Waals surface area (Å²) in [5, 5.41) is 19.0. The van der Waals surface area contributed by atoms with Gasteiger partial charge in [-0.3, -0.25) is 0 Å². The molecule has 0 spiro atoms. The van der Waals surface area contributed by atoms with Crippen molar-refractivity contribution in [2.24, 2.45) is 0 Å². The van der Waals surface area contributed by atoms with Crippen molar-refractivity contribution in [2.75, 3.05) is 44.0 Å². The second-order valence-corrected chi connectivity index (χ2v) is 4.88. The van der Waals surface area contributed by atoms with Crippen molar-refractivity contribution in [3.05, 3.63) is 12.1 Å². The van der Waals surface area contributed by atoms with Gasteiger partial charge in [-0.05, 0) is 0 Å². The van der Waals surface area contributed by atoms with E-state index < -0.39 is 0 Å². The lowest BCUT2D eigenvalue weighted by Crippen LogP contribution is -2.28. The number of thiophene rings is 1. The zero-order chi connectivity index (χ0) is 13.1. The Morgan fingerprint density at radius 1 is 1.33 bits per heavy atom. The number of aliphatic hydroxyl groups is 2. The highest BCUT2D eigenvalue weighted by Gasteiger charge is 2.14. The first-order chi connectivity index (χ1) is 8.71. The number of aromatic nitrogens is 1. The Labute approximate surface area is 109 Å². The van der Waals surface area contributed by atoms with Crippen LogP contribution < -0.4 is 15.5 Å². The second kappa shape index (κ2) is 5.47. The largest absolute Gasteiger partial charge is 0.415 e. The number of rotatable bonds is 6. The third-order valence-electron chi connectivity index (χ3n) is 2.69. The van der Waals surface area contributed by atoms with Gasteiger partial charge in [0.15, 0.2) is 0 Å². The Hall–Kier alpha value is -1.44. The number of hydrogen-bond acceptors (Lipinski definition) is 6. The molecule has 0 fully saturated rings. The summed E-state index contributed by atoms with van der Waals surface area (Å²) in [6.45, 7) is 1.08. The van der Waals surface area contributed by atoms with E-state index in [-0.39, 0.29) is 13.2 Å². The summed E-state index contributed by atoms with van der Waals surface area (Å²) in [5.74, 6) is 0.557. The van der Waals surface area contributed by atoms with E-state index in [1.54, 1.807) is 23.2 Å². The summed E-state index contributed by atoms with van der Waals surface area (Å²) in [6.07, 6.45) is 0. The van der Waals surface area contributed by atoms with E-state index >= 15 is 0 Å². The molecule has 100 valence electrons. The minimum Gasteiger partial charge on any atom is -0.415 e. The molecular weight excluding hydrogens is 254 g/mol. The molecule has 4 N–H and O–H groups in total. The Morgan fingerprint density at radius 2 is 2.00 bits per heavy atom. The van der Waals surface area contributed by atoms with Crippen LogP contribution in [0.1, 0.15) is 0 Å². The minimum absolute atomic E-state index is 0.0501. The molecule has 0 aliphatic heterocycles. The van der Waals surface area contributed by atoms with Gasteiger partial charge in [0.05, 0.1) is 22.9 Å². The molecule has 7 heteroatoms. The van der Waals surface area contributed by atoms with E-state index in [9.17, 15) is 0 Å². The van der Waals surface area contributed by atoms with Gasteiger partial charge in [-0.1, -0.05) is 0 Å². The monoisotopic (exact) mass is 271 g/mol. The highest BCUT2D eigenvalue weighted by Crippen LogP contribution is 2.34. The first kappa shape index (κ1) is 13.0. The van der Waals surface area contributed by atoms with Gasteiger partial charge in [-0.2, -0.15) is 4.73 Å². The zero-order valence-electron chi connectivity index (χ0n) is 10.2. The van der Waals surface area contributed by atoms with Crippen molar-refractivity contribution in [2.45, 2.75) is 0 Å². The summed E-state index contributed by atoms with van der Waals surface area (Å²) in [5.41, 5.74) is 6.70. The van der Waals surface area contributed by atoms with Gasteiger partial charge >= 0.3 is 0 Å². The summed E-state index contributed by atoms with van der Waals surface area (Å²) < 4.78 is 2.58. The minimum atomic E-state index is 0.0501. The van der Waals surface area contributed by atoms with Gasteiger partial charge in [0, 0.05) is 25.2 Å². The zero-order valence-corrected chi connectivity index (χ0v) is 11.0. The standard InChI is InChI=1S/C11H17N3O3S/c1-17-14-8-6-11(13(2-4-15)3-5-16)18-9(8)7-10(14)12/h6-7,15-16H,2-5,12H2,1H3. The Kier molecular flexibility index (Phi) is 3.95. The van der Waals surface area contributed by atoms with E-state index in [1.165, 1.54) is 0 Å². The number of anilines is 2. The molecule has 0 aliphatic carbocycles. The van der Waals surface area contributed by atoms with Gasteiger partial charge in [0.1, 0.15) is 18.4 Å². The normalized spacial score (nSPS) is 11.1. The molecular formula is C11H17N3O3S. The molecule has 0 radical (unpaired) electrons. The van der Waals surface area contributed by atoms with Crippen LogP contribution in [0.4, 0.5) is 10.8 Å². The number of nitrogen functional groups attached to an aromatic ring is 1. The van der Waals surface area contributed by atoms with Crippen LogP contribution in [0.15, 0.2) is 12.1 Å². The van der Waals surface area contributed by atoms with Crippen molar-refractivity contribution < 1.29 is 15.1 Å². The molecule has 6 nitrogen and oxygen atoms in total. The summed E-state index contributed by atoms with van der Waals surface area (Å²) >= 11 is 1.56. The van der Waals surface area contributed by atoms with Crippen molar-refractivity contribution in [3.63, 3.8) is 0 Å². The van der Waals surface area contributed by atoms with Crippen LogP contribution in [0.2, 0.25) is 0 Å². The van der Waals surface area contributed by atoms with Gasteiger partial charge in [0.25, 0.3) is 0 Å². The van der Waals surface area contributed by atoms with Crippen molar-refractivity contribution in [1.29, 1.82) is 0 Å². The topological polar surface area (TPSA) is 83.9 Å². The molecule has 2 rings (SSSR count). The van der Waals surface area contributed by atoms with Gasteiger partial charge < -0.3 is 25.7 Å². The number of nitrogens with two attached hydrogens (primary N) is 1. The SMILES string of the molecule is COn1c(N)cc2sc(N(CCO)CCO)cc21. The molecule has 0 unspecified atom stereocenters. The lowest BCUT2D eigenvalue weighted by atomic mass is 10.4. The fraction of sp³-hybridized carbons (Fsp3) is 0.455. The Morgan fingerprint density at radius 3 is 2.56 bits per heavy atom. The van der Waals surface area contributed by atoms with Crippen LogP contribution >= 0.6 is 11.3 Å². The fourth-order valence-corrected chi connectivity index (χ4v) is 3.04. The lowest BCUT2D eigenvalue weighted by molar-refractivity contribution is 0.184. The molecule has 0 saturated heterocycles. The highest BCUT2D eigenvalue weighted by molar-refractivity contribution is 7.22. The first-order valence-corrected chi connectivity index (χ1v) is 6.44. The van der Waals surface area contributed by atoms with Gasteiger partial charge in [0.2, 0.25) is 0 Å². The van der Waals surface area contributed by atoms with Crippen molar-refractivity contribution in [3.8, 4) is 0 Å². The average Bonchev–Trinajstić information content (AvgIpc) is 2.85. The summed E-state index contributed by atoms with van der Waals surface area (Å²) in [4.78, 5) is 7.12. The Bertz CT molecular complexity index is 517. The van der Waals surface area contributed by atoms with Crippen molar-refractivity contribution in [1.82, 2.24) is 4.73 Å². The average molecular weight is 271 g/mol. The Balaban J connectivity index is 2.36. The van der Waals surface area contributed by atoms with E-state index in [0.29, 0.717) is 18.9 Å². The van der Waals surface area contributed by atoms with Crippen LogP contribution in [0.5, 0.6) is 0 Å². The first-order valence-electron chi connectivity index (χ1n) is 5.63. The molecule has 2 aromatic heterocycles. The van der Waals surface area contributed by atoms with E-state index in [1.807, 2.05) is 17.0 Å². The van der Waals surface area contributed by atoms with E-state index in [0.717, 1.165) is 15.2 Å². The maximum atomic E-state index is 9.03. The maximum absolute atomic E-state index is 9.03. The smallest absolute Gasteiger partial charge is 0.141 e. The number of nitrogens with zero attached hydrogens (tertiary/aromatic N) is 2. The highest BCUT2D eigenvalue weighted by atomic mass is 32.1. The van der Waals surface area contributed by atoms with E-state index in [4.69, 9.17) is 20.8 Å².